The summed E-state index contributed by atoms with van der Waals surface area (Å²) in [5, 5.41) is 4.84. The number of ether oxygens (including phenoxy) is 1. The van der Waals surface area contributed by atoms with E-state index in [2.05, 4.69) is 15.0 Å². The summed E-state index contributed by atoms with van der Waals surface area (Å²) in [6.07, 6.45) is 5.61. The van der Waals surface area contributed by atoms with Gasteiger partial charge in [0.1, 0.15) is 0 Å². The second kappa shape index (κ2) is 8.31. The summed E-state index contributed by atoms with van der Waals surface area (Å²) >= 11 is 1.22. The van der Waals surface area contributed by atoms with Crippen molar-refractivity contribution in [1.82, 2.24) is 4.98 Å². The summed E-state index contributed by atoms with van der Waals surface area (Å²) in [5.41, 5.74) is 7.61. The first kappa shape index (κ1) is 18.4. The van der Waals surface area contributed by atoms with Crippen LogP contribution >= 0.6 is 11.3 Å². The van der Waals surface area contributed by atoms with Gasteiger partial charge in [-0.25, -0.2) is 9.78 Å². The minimum atomic E-state index is -0.511. The van der Waals surface area contributed by atoms with Crippen LogP contribution in [0.5, 0.6) is 0 Å². The molecule has 1 fully saturated rings. The number of nitrogens with zero attached hydrogens (tertiary/aromatic N) is 1. The highest BCUT2D eigenvalue weighted by Gasteiger charge is 2.27. The van der Waals surface area contributed by atoms with Gasteiger partial charge in [0.05, 0.1) is 13.0 Å². The van der Waals surface area contributed by atoms with Crippen molar-refractivity contribution in [2.24, 2.45) is 5.92 Å². The molecule has 1 amide bonds. The molecule has 0 bridgehead atoms. The van der Waals surface area contributed by atoms with E-state index in [1.165, 1.54) is 44.1 Å². The molecule has 3 rings (SSSR count). The van der Waals surface area contributed by atoms with Crippen LogP contribution in [0, 0.1) is 5.92 Å². The van der Waals surface area contributed by atoms with E-state index < -0.39 is 5.97 Å². The third-order valence-electron chi connectivity index (χ3n) is 4.83. The molecule has 1 unspecified atom stereocenters. The number of nitrogens with two attached hydrogens (primary N) is 1. The molecule has 1 aromatic heterocycles. The maximum absolute atomic E-state index is 12.9. The number of methoxy groups -OCH3 is 1. The largest absolute Gasteiger partial charge is 0.464 e. The number of hydrogen-bond acceptors (Lipinski definition) is 6. The molecule has 0 saturated heterocycles. The molecule has 6 nitrogen and oxygen atoms in total. The Morgan fingerprint density at radius 1 is 1.31 bits per heavy atom. The van der Waals surface area contributed by atoms with Crippen molar-refractivity contribution in [3.05, 3.63) is 40.9 Å². The average molecular weight is 373 g/mol. The molecule has 1 saturated carbocycles. The third kappa shape index (κ3) is 4.40. The summed E-state index contributed by atoms with van der Waals surface area (Å²) in [6, 6.07) is 7.47. The minimum Gasteiger partial charge on any atom is -0.464 e. The number of aromatic nitrogens is 1. The highest BCUT2D eigenvalue weighted by Crippen LogP contribution is 2.35. The van der Waals surface area contributed by atoms with Gasteiger partial charge in [0.2, 0.25) is 5.91 Å². The van der Waals surface area contributed by atoms with E-state index in [-0.39, 0.29) is 17.5 Å². The summed E-state index contributed by atoms with van der Waals surface area (Å²) in [6.45, 7) is 0. The minimum absolute atomic E-state index is 0.104. The number of carbonyl (C=O) groups is 2. The van der Waals surface area contributed by atoms with E-state index in [1.54, 1.807) is 5.38 Å². The second-order valence-corrected chi connectivity index (χ2v) is 7.48. The van der Waals surface area contributed by atoms with E-state index in [9.17, 15) is 9.59 Å². The lowest BCUT2D eigenvalue weighted by Crippen LogP contribution is -2.23. The zero-order chi connectivity index (χ0) is 18.5. The number of thiazole rings is 1. The topological polar surface area (TPSA) is 94.3 Å². The molecule has 3 N–H and O–H groups in total. The van der Waals surface area contributed by atoms with Crippen LogP contribution in [0.15, 0.2) is 29.6 Å². The number of benzene rings is 1. The zero-order valence-electron chi connectivity index (χ0n) is 14.7. The maximum atomic E-state index is 12.9. The first-order chi connectivity index (χ1) is 12.6. The van der Waals surface area contributed by atoms with Crippen molar-refractivity contribution in [1.29, 1.82) is 0 Å². The summed E-state index contributed by atoms with van der Waals surface area (Å²) < 4.78 is 4.65. The Balaban J connectivity index is 1.76. The lowest BCUT2D eigenvalue weighted by atomic mass is 9.87. The van der Waals surface area contributed by atoms with Gasteiger partial charge in [-0.2, -0.15) is 0 Å². The van der Waals surface area contributed by atoms with Gasteiger partial charge in [0.25, 0.3) is 0 Å². The van der Waals surface area contributed by atoms with Crippen molar-refractivity contribution in [3.8, 4) is 0 Å². The van der Waals surface area contributed by atoms with E-state index >= 15 is 0 Å². The Morgan fingerprint density at radius 2 is 2.00 bits per heavy atom. The molecule has 0 radical (unpaired) electrons. The average Bonchev–Trinajstić information content (AvgIpc) is 3.31. The van der Waals surface area contributed by atoms with E-state index in [1.807, 2.05) is 24.3 Å². The van der Waals surface area contributed by atoms with Gasteiger partial charge in [-0.15, -0.1) is 11.3 Å². The van der Waals surface area contributed by atoms with Crippen molar-refractivity contribution in [2.75, 3.05) is 18.2 Å². The van der Waals surface area contributed by atoms with Gasteiger partial charge < -0.3 is 15.8 Å². The highest BCUT2D eigenvalue weighted by molar-refractivity contribution is 7.14. The van der Waals surface area contributed by atoms with Crippen molar-refractivity contribution in [2.45, 2.75) is 38.0 Å². The van der Waals surface area contributed by atoms with Crippen LogP contribution in [-0.2, 0) is 9.53 Å². The smallest absolute Gasteiger partial charge is 0.357 e. The van der Waals surface area contributed by atoms with Crippen LogP contribution in [0.25, 0.3) is 0 Å². The van der Waals surface area contributed by atoms with Gasteiger partial charge in [-0.1, -0.05) is 37.8 Å². The molecule has 1 aliphatic carbocycles. The number of nitrogen functional groups attached to an aromatic ring is 1. The van der Waals surface area contributed by atoms with Crippen LogP contribution in [-0.4, -0.2) is 24.0 Å². The van der Waals surface area contributed by atoms with Gasteiger partial charge in [-0.3, -0.25) is 4.79 Å². The number of amides is 1. The number of anilines is 2. The molecular formula is C19H23N3O3S. The van der Waals surface area contributed by atoms with Crippen LogP contribution in [0.1, 0.15) is 54.1 Å². The molecule has 1 aromatic carbocycles. The summed E-state index contributed by atoms with van der Waals surface area (Å²) in [5.74, 6) is -0.315. The van der Waals surface area contributed by atoms with E-state index in [4.69, 9.17) is 5.73 Å². The normalized spacial score (nSPS) is 15.6. The number of esters is 1. The summed E-state index contributed by atoms with van der Waals surface area (Å²) in [7, 11) is 1.30. The summed E-state index contributed by atoms with van der Waals surface area (Å²) in [4.78, 5) is 28.6. The van der Waals surface area contributed by atoms with Crippen LogP contribution < -0.4 is 11.1 Å². The Morgan fingerprint density at radius 3 is 2.65 bits per heavy atom. The fourth-order valence-corrected chi connectivity index (χ4v) is 4.11. The SMILES string of the molecule is COC(=O)c1csc(NC(=O)C(CC2CCCC2)c2ccc(N)cc2)n1. The molecule has 26 heavy (non-hydrogen) atoms. The zero-order valence-corrected chi connectivity index (χ0v) is 15.6. The van der Waals surface area contributed by atoms with Crippen LogP contribution in [0.4, 0.5) is 10.8 Å². The highest BCUT2D eigenvalue weighted by atomic mass is 32.1. The molecule has 1 aliphatic rings. The monoisotopic (exact) mass is 373 g/mol. The third-order valence-corrected chi connectivity index (χ3v) is 5.59. The Bertz CT molecular complexity index is 767. The predicted octanol–water partition coefficient (Wildman–Crippen LogP) is 3.81. The first-order valence-corrected chi connectivity index (χ1v) is 9.65. The molecule has 7 heteroatoms. The first-order valence-electron chi connectivity index (χ1n) is 8.77. The lowest BCUT2D eigenvalue weighted by molar-refractivity contribution is -0.118. The van der Waals surface area contributed by atoms with Crippen LogP contribution in [0.3, 0.4) is 0 Å². The van der Waals surface area contributed by atoms with Gasteiger partial charge in [-0.05, 0) is 30.0 Å². The van der Waals surface area contributed by atoms with Gasteiger partial charge >= 0.3 is 5.97 Å². The standard InChI is InChI=1S/C19H23N3O3S/c1-25-18(24)16-11-26-19(21-16)22-17(23)15(10-12-4-2-3-5-12)13-6-8-14(20)9-7-13/h6-9,11-12,15H,2-5,10,20H2,1H3,(H,21,22,23). The molecule has 138 valence electrons. The van der Waals surface area contributed by atoms with Crippen molar-refractivity contribution in [3.63, 3.8) is 0 Å². The van der Waals surface area contributed by atoms with Gasteiger partial charge in [0, 0.05) is 11.1 Å². The van der Waals surface area contributed by atoms with Crippen molar-refractivity contribution >= 4 is 34.0 Å². The van der Waals surface area contributed by atoms with Crippen molar-refractivity contribution < 1.29 is 14.3 Å². The quantitative estimate of drug-likeness (QED) is 0.593. The molecule has 1 heterocycles. The number of carbonyl (C=O) groups excluding carboxylic acids is 2. The fraction of sp³-hybridized carbons (Fsp3) is 0.421. The molecular weight excluding hydrogens is 350 g/mol. The second-order valence-electron chi connectivity index (χ2n) is 6.62. The van der Waals surface area contributed by atoms with Crippen LogP contribution in [0.2, 0.25) is 0 Å². The maximum Gasteiger partial charge on any atom is 0.357 e. The Hall–Kier alpha value is -2.41. The molecule has 2 aromatic rings. The molecule has 1 atom stereocenters. The number of hydrogen-bond donors (Lipinski definition) is 2. The van der Waals surface area contributed by atoms with Gasteiger partial charge in [0.15, 0.2) is 10.8 Å². The van der Waals surface area contributed by atoms with E-state index in [0.29, 0.717) is 16.7 Å². The number of nitrogens with one attached hydrogen (secondary N) is 1. The Labute approximate surface area is 156 Å². The Kier molecular flexibility index (Phi) is 5.88. The lowest BCUT2D eigenvalue weighted by Gasteiger charge is -2.20. The molecule has 0 aliphatic heterocycles. The number of rotatable bonds is 6. The fourth-order valence-electron chi connectivity index (χ4n) is 3.42. The molecule has 0 spiro atoms. The van der Waals surface area contributed by atoms with E-state index in [0.717, 1.165) is 12.0 Å². The predicted molar refractivity (Wildman–Crippen MR) is 102 cm³/mol.